The zero-order valence-corrected chi connectivity index (χ0v) is 13.3. The first-order valence-electron chi connectivity index (χ1n) is 8.15. The third-order valence-electron chi connectivity index (χ3n) is 4.20. The summed E-state index contributed by atoms with van der Waals surface area (Å²) in [7, 11) is 0. The molecule has 4 heteroatoms. The summed E-state index contributed by atoms with van der Waals surface area (Å²) in [4.78, 5) is 13.6. The number of nitrogens with one attached hydrogen (secondary N) is 1. The number of amides is 1. The van der Waals surface area contributed by atoms with Crippen LogP contribution in [0.1, 0.15) is 59.3 Å². The molecular formula is C16H30N2O2. The quantitative estimate of drug-likeness (QED) is 0.808. The standard InChI is InChI=1S/C16H30N2O2/c1-16(2,3)20-15(19)18-11-14(12-18)17-10-13-8-6-4-5-7-9-13/h13-14,17H,4-12H2,1-3H3. The van der Waals surface area contributed by atoms with E-state index < -0.39 is 5.60 Å². The fourth-order valence-corrected chi connectivity index (χ4v) is 2.98. The predicted molar refractivity (Wildman–Crippen MR) is 80.8 cm³/mol. The summed E-state index contributed by atoms with van der Waals surface area (Å²) in [5.41, 5.74) is -0.393. The molecule has 0 aromatic rings. The highest BCUT2D eigenvalue weighted by Crippen LogP contribution is 2.23. The number of carbonyl (C=O) groups excluding carboxylic acids is 1. The lowest BCUT2D eigenvalue weighted by molar-refractivity contribution is 0.00496. The van der Waals surface area contributed by atoms with Gasteiger partial charge in [0, 0.05) is 19.1 Å². The SMILES string of the molecule is CC(C)(C)OC(=O)N1CC(NCC2CCCCCC2)C1. The first kappa shape index (κ1) is 15.6. The van der Waals surface area contributed by atoms with Crippen molar-refractivity contribution in [3.05, 3.63) is 0 Å². The summed E-state index contributed by atoms with van der Waals surface area (Å²) in [6.45, 7) is 8.43. The monoisotopic (exact) mass is 282 g/mol. The molecule has 0 bridgehead atoms. The van der Waals surface area contributed by atoms with Gasteiger partial charge in [0.05, 0.1) is 0 Å². The molecule has 1 amide bonds. The maximum atomic E-state index is 11.8. The topological polar surface area (TPSA) is 41.6 Å². The number of rotatable bonds is 3. The highest BCUT2D eigenvalue weighted by molar-refractivity contribution is 5.69. The van der Waals surface area contributed by atoms with E-state index in [0.29, 0.717) is 6.04 Å². The summed E-state index contributed by atoms with van der Waals surface area (Å²) in [6.07, 6.45) is 8.16. The number of carbonyl (C=O) groups is 1. The van der Waals surface area contributed by atoms with Gasteiger partial charge in [-0.05, 0) is 46.1 Å². The van der Waals surface area contributed by atoms with E-state index in [1.54, 1.807) is 4.90 Å². The van der Waals surface area contributed by atoms with Crippen molar-refractivity contribution in [2.24, 2.45) is 5.92 Å². The van der Waals surface area contributed by atoms with Crippen LogP contribution in [0.3, 0.4) is 0 Å². The first-order valence-corrected chi connectivity index (χ1v) is 8.15. The van der Waals surface area contributed by atoms with Gasteiger partial charge in [0.15, 0.2) is 0 Å². The summed E-state index contributed by atoms with van der Waals surface area (Å²) >= 11 is 0. The minimum absolute atomic E-state index is 0.176. The van der Waals surface area contributed by atoms with E-state index in [0.717, 1.165) is 25.6 Å². The summed E-state index contributed by atoms with van der Waals surface area (Å²) in [5.74, 6) is 0.841. The molecule has 0 unspecified atom stereocenters. The minimum Gasteiger partial charge on any atom is -0.444 e. The van der Waals surface area contributed by atoms with Gasteiger partial charge in [-0.1, -0.05) is 25.7 Å². The van der Waals surface area contributed by atoms with E-state index in [-0.39, 0.29) is 6.09 Å². The fraction of sp³-hybridized carbons (Fsp3) is 0.938. The van der Waals surface area contributed by atoms with Crippen molar-refractivity contribution in [1.82, 2.24) is 10.2 Å². The lowest BCUT2D eigenvalue weighted by Gasteiger charge is -2.40. The van der Waals surface area contributed by atoms with E-state index >= 15 is 0 Å². The van der Waals surface area contributed by atoms with Gasteiger partial charge in [-0.3, -0.25) is 0 Å². The molecule has 1 aliphatic carbocycles. The number of nitrogens with zero attached hydrogens (tertiary/aromatic N) is 1. The van der Waals surface area contributed by atoms with Gasteiger partial charge >= 0.3 is 6.09 Å². The van der Waals surface area contributed by atoms with Crippen molar-refractivity contribution in [2.75, 3.05) is 19.6 Å². The van der Waals surface area contributed by atoms with Crippen LogP contribution in [-0.2, 0) is 4.74 Å². The maximum absolute atomic E-state index is 11.8. The summed E-state index contributed by atoms with van der Waals surface area (Å²) < 4.78 is 5.36. The third-order valence-corrected chi connectivity index (χ3v) is 4.20. The second kappa shape index (κ2) is 6.79. The second-order valence-electron chi connectivity index (χ2n) is 7.35. The Morgan fingerprint density at radius 3 is 2.30 bits per heavy atom. The molecule has 1 N–H and O–H groups in total. The highest BCUT2D eigenvalue weighted by Gasteiger charge is 2.33. The molecule has 2 rings (SSSR count). The molecule has 1 saturated heterocycles. The molecule has 1 heterocycles. The molecule has 2 aliphatic rings. The Bertz CT molecular complexity index is 311. The zero-order valence-electron chi connectivity index (χ0n) is 13.3. The molecule has 0 aromatic carbocycles. The molecule has 0 atom stereocenters. The van der Waals surface area contributed by atoms with Gasteiger partial charge in [0.1, 0.15) is 5.60 Å². The van der Waals surface area contributed by atoms with Gasteiger partial charge in [0.2, 0.25) is 0 Å². The normalized spacial score (nSPS) is 22.2. The number of ether oxygens (including phenoxy) is 1. The van der Waals surface area contributed by atoms with Crippen LogP contribution in [-0.4, -0.2) is 42.3 Å². The predicted octanol–water partition coefficient (Wildman–Crippen LogP) is 3.17. The molecule has 1 aliphatic heterocycles. The Hall–Kier alpha value is -0.770. The number of hydrogen-bond donors (Lipinski definition) is 1. The molecule has 4 nitrogen and oxygen atoms in total. The lowest BCUT2D eigenvalue weighted by Crippen LogP contribution is -2.61. The van der Waals surface area contributed by atoms with Gasteiger partial charge in [-0.25, -0.2) is 4.79 Å². The van der Waals surface area contributed by atoms with Crippen molar-refractivity contribution in [2.45, 2.75) is 70.9 Å². The van der Waals surface area contributed by atoms with Crippen molar-refractivity contribution in [3.8, 4) is 0 Å². The summed E-state index contributed by atoms with van der Waals surface area (Å²) in [6, 6.07) is 0.464. The van der Waals surface area contributed by atoms with Crippen LogP contribution >= 0.6 is 0 Å². The Labute approximate surface area is 123 Å². The molecule has 0 aromatic heterocycles. The van der Waals surface area contributed by atoms with Crippen molar-refractivity contribution in [3.63, 3.8) is 0 Å². The van der Waals surface area contributed by atoms with E-state index in [2.05, 4.69) is 5.32 Å². The fourth-order valence-electron chi connectivity index (χ4n) is 2.98. The summed E-state index contributed by atoms with van der Waals surface area (Å²) in [5, 5.41) is 3.61. The molecule has 1 saturated carbocycles. The zero-order chi connectivity index (χ0) is 14.6. The third kappa shape index (κ3) is 4.97. The van der Waals surface area contributed by atoms with E-state index in [1.807, 2.05) is 20.8 Å². The van der Waals surface area contributed by atoms with Crippen LogP contribution in [0.2, 0.25) is 0 Å². The molecule has 0 radical (unpaired) electrons. The van der Waals surface area contributed by atoms with Crippen molar-refractivity contribution in [1.29, 1.82) is 0 Å². The average molecular weight is 282 g/mol. The molecule has 0 spiro atoms. The minimum atomic E-state index is -0.393. The van der Waals surface area contributed by atoms with Crippen LogP contribution in [0.5, 0.6) is 0 Å². The van der Waals surface area contributed by atoms with E-state index in [9.17, 15) is 4.79 Å². The van der Waals surface area contributed by atoms with Crippen LogP contribution in [0, 0.1) is 5.92 Å². The van der Waals surface area contributed by atoms with E-state index in [1.165, 1.54) is 38.5 Å². The van der Waals surface area contributed by atoms with Crippen LogP contribution in [0.15, 0.2) is 0 Å². The van der Waals surface area contributed by atoms with Crippen LogP contribution < -0.4 is 5.32 Å². The Kier molecular flexibility index (Phi) is 5.30. The smallest absolute Gasteiger partial charge is 0.410 e. The first-order chi connectivity index (χ1) is 9.44. The highest BCUT2D eigenvalue weighted by atomic mass is 16.6. The second-order valence-corrected chi connectivity index (χ2v) is 7.35. The molecule has 20 heavy (non-hydrogen) atoms. The number of likely N-dealkylation sites (tertiary alicyclic amines) is 1. The van der Waals surface area contributed by atoms with Gasteiger partial charge < -0.3 is 15.0 Å². The largest absolute Gasteiger partial charge is 0.444 e. The van der Waals surface area contributed by atoms with Gasteiger partial charge in [-0.15, -0.1) is 0 Å². The Balaban J connectivity index is 1.60. The lowest BCUT2D eigenvalue weighted by atomic mass is 9.99. The number of hydrogen-bond acceptors (Lipinski definition) is 3. The molecular weight excluding hydrogens is 252 g/mol. The van der Waals surface area contributed by atoms with Gasteiger partial charge in [-0.2, -0.15) is 0 Å². The van der Waals surface area contributed by atoms with Crippen molar-refractivity contribution >= 4 is 6.09 Å². The van der Waals surface area contributed by atoms with Crippen LogP contribution in [0.25, 0.3) is 0 Å². The van der Waals surface area contributed by atoms with Gasteiger partial charge in [0.25, 0.3) is 0 Å². The van der Waals surface area contributed by atoms with Crippen LogP contribution in [0.4, 0.5) is 4.79 Å². The Morgan fingerprint density at radius 2 is 1.75 bits per heavy atom. The Morgan fingerprint density at radius 1 is 1.15 bits per heavy atom. The van der Waals surface area contributed by atoms with E-state index in [4.69, 9.17) is 4.74 Å². The molecule has 116 valence electrons. The van der Waals surface area contributed by atoms with Crippen molar-refractivity contribution < 1.29 is 9.53 Å². The molecule has 2 fully saturated rings. The average Bonchev–Trinajstić information content (AvgIpc) is 2.52. The maximum Gasteiger partial charge on any atom is 0.410 e.